The summed E-state index contributed by atoms with van der Waals surface area (Å²) in [6, 6.07) is 6.41. The van der Waals surface area contributed by atoms with E-state index in [9.17, 15) is 8.42 Å². The van der Waals surface area contributed by atoms with Crippen molar-refractivity contribution < 1.29 is 13.3 Å². The van der Waals surface area contributed by atoms with E-state index in [4.69, 9.17) is 4.84 Å². The maximum Gasteiger partial charge on any atom is 0.242 e. The van der Waals surface area contributed by atoms with Crippen LogP contribution in [0.3, 0.4) is 0 Å². The first kappa shape index (κ1) is 13.7. The van der Waals surface area contributed by atoms with Gasteiger partial charge in [-0.05, 0) is 17.7 Å². The maximum absolute atomic E-state index is 11.8. The van der Waals surface area contributed by atoms with Crippen molar-refractivity contribution >= 4 is 15.7 Å². The van der Waals surface area contributed by atoms with E-state index in [0.29, 0.717) is 5.70 Å². The molecule has 0 unspecified atom stereocenters. The molecule has 1 aromatic rings. The highest BCUT2D eigenvalue weighted by Gasteiger charge is 2.16. The Morgan fingerprint density at radius 3 is 2.24 bits per heavy atom. The third kappa shape index (κ3) is 3.06. The first-order valence-electron chi connectivity index (χ1n) is 4.90. The zero-order chi connectivity index (χ0) is 13.1. The molecular formula is C11H16N2O3S. The predicted molar refractivity (Wildman–Crippen MR) is 66.5 cm³/mol. The molecule has 0 amide bonds. The van der Waals surface area contributed by atoms with Gasteiger partial charge in [-0.3, -0.25) is 10.3 Å². The van der Waals surface area contributed by atoms with Crippen LogP contribution in [0, 0.1) is 0 Å². The first-order chi connectivity index (χ1) is 7.89. The Morgan fingerprint density at radius 1 is 1.29 bits per heavy atom. The summed E-state index contributed by atoms with van der Waals surface area (Å²) >= 11 is 0. The van der Waals surface area contributed by atoms with E-state index in [1.54, 1.807) is 12.1 Å². The van der Waals surface area contributed by atoms with Crippen LogP contribution in [0.5, 0.6) is 0 Å². The molecule has 0 aliphatic carbocycles. The Kier molecular flexibility index (Phi) is 4.28. The molecule has 0 bridgehead atoms. The number of rotatable bonds is 5. The maximum atomic E-state index is 11.8. The molecule has 0 atom stereocenters. The van der Waals surface area contributed by atoms with Gasteiger partial charge in [-0.1, -0.05) is 18.7 Å². The fourth-order valence-corrected chi connectivity index (χ4v) is 2.12. The van der Waals surface area contributed by atoms with Gasteiger partial charge in [0.25, 0.3) is 0 Å². The van der Waals surface area contributed by atoms with Crippen LogP contribution in [0.25, 0.3) is 5.70 Å². The standard InChI is InChI=1S/C11H16N2O3S/c1-9(12-16-4)10-5-7-11(8-6-10)17(14,15)13(2)3/h5-8,12H,1H2,2-4H3. The number of benzene rings is 1. The highest BCUT2D eigenvalue weighted by molar-refractivity contribution is 7.89. The molecule has 0 aliphatic heterocycles. The van der Waals surface area contributed by atoms with E-state index >= 15 is 0 Å². The number of nitrogens with one attached hydrogen (secondary N) is 1. The molecule has 0 radical (unpaired) electrons. The number of hydrogen-bond donors (Lipinski definition) is 1. The zero-order valence-electron chi connectivity index (χ0n) is 10.1. The Morgan fingerprint density at radius 2 is 1.82 bits per heavy atom. The summed E-state index contributed by atoms with van der Waals surface area (Å²) < 4.78 is 24.8. The van der Waals surface area contributed by atoms with Crippen LogP contribution in [-0.2, 0) is 14.9 Å². The van der Waals surface area contributed by atoms with Gasteiger partial charge in [0.2, 0.25) is 10.0 Å². The highest BCUT2D eigenvalue weighted by atomic mass is 32.2. The van der Waals surface area contributed by atoms with Crippen LogP contribution in [0.15, 0.2) is 35.7 Å². The quantitative estimate of drug-likeness (QED) is 0.800. The SMILES string of the molecule is C=C(NOC)c1ccc(S(=O)(=O)N(C)C)cc1. The van der Waals surface area contributed by atoms with E-state index < -0.39 is 10.0 Å². The van der Waals surface area contributed by atoms with E-state index in [0.717, 1.165) is 5.56 Å². The lowest BCUT2D eigenvalue weighted by Gasteiger charge is -2.12. The second-order valence-electron chi connectivity index (χ2n) is 3.60. The lowest BCUT2D eigenvalue weighted by Crippen LogP contribution is -2.22. The minimum atomic E-state index is -3.38. The molecule has 1 aromatic carbocycles. The fraction of sp³-hybridized carbons (Fsp3) is 0.273. The van der Waals surface area contributed by atoms with Crippen molar-refractivity contribution in [1.29, 1.82) is 0 Å². The fourth-order valence-electron chi connectivity index (χ4n) is 1.22. The molecule has 0 fully saturated rings. The van der Waals surface area contributed by atoms with Crippen molar-refractivity contribution in [1.82, 2.24) is 9.79 Å². The molecule has 0 saturated heterocycles. The highest BCUT2D eigenvalue weighted by Crippen LogP contribution is 2.16. The van der Waals surface area contributed by atoms with Crippen LogP contribution in [-0.4, -0.2) is 33.9 Å². The van der Waals surface area contributed by atoms with Gasteiger partial charge in [-0.15, -0.1) is 0 Å². The minimum Gasteiger partial charge on any atom is -0.279 e. The molecule has 1 rings (SSSR count). The van der Waals surface area contributed by atoms with Gasteiger partial charge < -0.3 is 0 Å². The Balaban J connectivity index is 3.01. The largest absolute Gasteiger partial charge is 0.279 e. The van der Waals surface area contributed by atoms with Gasteiger partial charge >= 0.3 is 0 Å². The summed E-state index contributed by atoms with van der Waals surface area (Å²) in [5, 5.41) is 0. The molecule has 0 saturated carbocycles. The second-order valence-corrected chi connectivity index (χ2v) is 5.75. The molecule has 0 aromatic heterocycles. The van der Waals surface area contributed by atoms with Gasteiger partial charge in [-0.25, -0.2) is 12.7 Å². The normalized spacial score (nSPS) is 11.5. The monoisotopic (exact) mass is 256 g/mol. The lowest BCUT2D eigenvalue weighted by molar-refractivity contribution is 0.137. The molecule has 0 spiro atoms. The Bertz CT molecular complexity index is 492. The second kappa shape index (κ2) is 5.31. The van der Waals surface area contributed by atoms with Crippen LogP contribution in [0.4, 0.5) is 0 Å². The van der Waals surface area contributed by atoms with Crippen LogP contribution in [0.1, 0.15) is 5.56 Å². The number of sulfonamides is 1. The van der Waals surface area contributed by atoms with E-state index in [1.165, 1.54) is 37.6 Å². The third-order valence-electron chi connectivity index (χ3n) is 2.21. The number of hydrogen-bond acceptors (Lipinski definition) is 4. The molecule has 6 heteroatoms. The molecule has 17 heavy (non-hydrogen) atoms. The smallest absolute Gasteiger partial charge is 0.242 e. The van der Waals surface area contributed by atoms with E-state index in [1.807, 2.05) is 0 Å². The molecule has 1 N–H and O–H groups in total. The zero-order valence-corrected chi connectivity index (χ0v) is 10.9. The van der Waals surface area contributed by atoms with Gasteiger partial charge in [0.15, 0.2) is 0 Å². The number of hydroxylamine groups is 1. The predicted octanol–water partition coefficient (Wildman–Crippen LogP) is 1.06. The van der Waals surface area contributed by atoms with Crippen LogP contribution >= 0.6 is 0 Å². The van der Waals surface area contributed by atoms with Crippen molar-refractivity contribution in [2.75, 3.05) is 21.2 Å². The summed E-state index contributed by atoms with van der Waals surface area (Å²) in [6.07, 6.45) is 0. The average Bonchev–Trinajstić information content (AvgIpc) is 2.29. The van der Waals surface area contributed by atoms with Gasteiger partial charge in [0.05, 0.1) is 17.7 Å². The summed E-state index contributed by atoms with van der Waals surface area (Å²) in [7, 11) is 1.09. The Labute approximate surface area is 102 Å². The summed E-state index contributed by atoms with van der Waals surface area (Å²) in [6.45, 7) is 3.75. The topological polar surface area (TPSA) is 58.6 Å². The van der Waals surface area contributed by atoms with Gasteiger partial charge in [0.1, 0.15) is 0 Å². The van der Waals surface area contributed by atoms with Crippen molar-refractivity contribution in [3.8, 4) is 0 Å². The van der Waals surface area contributed by atoms with E-state index in [2.05, 4.69) is 12.1 Å². The first-order valence-corrected chi connectivity index (χ1v) is 6.34. The average molecular weight is 256 g/mol. The third-order valence-corrected chi connectivity index (χ3v) is 4.04. The van der Waals surface area contributed by atoms with Gasteiger partial charge in [-0.2, -0.15) is 0 Å². The summed E-state index contributed by atoms with van der Waals surface area (Å²) in [4.78, 5) is 4.96. The lowest BCUT2D eigenvalue weighted by atomic mass is 10.2. The molecule has 0 heterocycles. The van der Waals surface area contributed by atoms with Crippen LogP contribution < -0.4 is 5.48 Å². The molecule has 0 aliphatic rings. The summed E-state index contributed by atoms with van der Waals surface area (Å²) in [5.41, 5.74) is 3.93. The summed E-state index contributed by atoms with van der Waals surface area (Å²) in [5.74, 6) is 0. The van der Waals surface area contributed by atoms with Crippen molar-refractivity contribution in [2.24, 2.45) is 0 Å². The van der Waals surface area contributed by atoms with E-state index in [-0.39, 0.29) is 4.90 Å². The van der Waals surface area contributed by atoms with Crippen molar-refractivity contribution in [3.05, 3.63) is 36.4 Å². The number of nitrogens with zero attached hydrogens (tertiary/aromatic N) is 1. The van der Waals surface area contributed by atoms with Crippen molar-refractivity contribution in [2.45, 2.75) is 4.90 Å². The molecule has 94 valence electrons. The van der Waals surface area contributed by atoms with Gasteiger partial charge in [0, 0.05) is 14.1 Å². The van der Waals surface area contributed by atoms with Crippen LogP contribution in [0.2, 0.25) is 0 Å². The molecular weight excluding hydrogens is 240 g/mol. The molecule has 5 nitrogen and oxygen atoms in total. The van der Waals surface area contributed by atoms with Crippen molar-refractivity contribution in [3.63, 3.8) is 0 Å². The Hall–Kier alpha value is -1.37. The minimum absolute atomic E-state index is 0.247.